The third-order valence-corrected chi connectivity index (χ3v) is 8.95. The first-order valence-electron chi connectivity index (χ1n) is 10.1. The summed E-state index contributed by atoms with van der Waals surface area (Å²) in [5.41, 5.74) is 1.39. The molecule has 0 aromatic carbocycles. The number of fused-ring (bicyclic) bond motifs is 3. The van der Waals surface area contributed by atoms with Crippen LogP contribution in [0.4, 0.5) is 5.82 Å². The third-order valence-electron chi connectivity index (χ3n) is 6.00. The van der Waals surface area contributed by atoms with Gasteiger partial charge in [-0.2, -0.15) is 0 Å². The second-order valence-electron chi connectivity index (χ2n) is 8.11. The maximum Gasteiger partial charge on any atom is 0.152 e. The van der Waals surface area contributed by atoms with Crippen molar-refractivity contribution in [1.82, 2.24) is 14.9 Å². The summed E-state index contributed by atoms with van der Waals surface area (Å²) in [5.74, 6) is 2.23. The number of hydrogen-bond acceptors (Lipinski definition) is 7. The van der Waals surface area contributed by atoms with Gasteiger partial charge in [0.25, 0.3) is 0 Å². The normalized spacial score (nSPS) is 25.1. The summed E-state index contributed by atoms with van der Waals surface area (Å²) in [6.07, 6.45) is 7.90. The van der Waals surface area contributed by atoms with Crippen LogP contribution < -0.4 is 5.32 Å². The summed E-state index contributed by atoms with van der Waals surface area (Å²) in [5, 5.41) is 4.64. The molecular weight excluding hydrogens is 380 g/mol. The van der Waals surface area contributed by atoms with E-state index in [-0.39, 0.29) is 17.5 Å². The number of sulfone groups is 1. The minimum absolute atomic E-state index is 0.0344. The van der Waals surface area contributed by atoms with E-state index in [1.807, 2.05) is 0 Å². The van der Waals surface area contributed by atoms with Crippen LogP contribution in [0.2, 0.25) is 0 Å². The molecular formula is C19H26N4O2S2. The SMILES string of the molecule is O=S1(=O)CC[C@H](Nc2nc(CN3CCCCC3)nc3sc4c(c23)CCC4)C1. The average molecular weight is 407 g/mol. The molecule has 2 aliphatic heterocycles. The standard InChI is InChI=1S/C19H26N4O2S2/c24-27(25)10-7-13(12-27)20-18-17-14-5-4-6-15(14)26-19(17)22-16(21-18)11-23-8-2-1-3-9-23/h13H,1-12H2,(H,20,21,22)/t13-/m0/s1. The van der Waals surface area contributed by atoms with Crippen LogP contribution in [-0.2, 0) is 29.2 Å². The molecule has 2 saturated heterocycles. The highest BCUT2D eigenvalue weighted by molar-refractivity contribution is 7.91. The van der Waals surface area contributed by atoms with Gasteiger partial charge in [0.05, 0.1) is 23.4 Å². The van der Waals surface area contributed by atoms with Crippen LogP contribution in [0.25, 0.3) is 10.2 Å². The molecule has 1 N–H and O–H groups in total. The molecule has 6 nitrogen and oxygen atoms in total. The summed E-state index contributed by atoms with van der Waals surface area (Å²) < 4.78 is 23.8. The zero-order valence-corrected chi connectivity index (χ0v) is 17.2. The van der Waals surface area contributed by atoms with Gasteiger partial charge in [0, 0.05) is 10.9 Å². The Kier molecular flexibility index (Phi) is 4.60. The van der Waals surface area contributed by atoms with Crippen LogP contribution in [0.15, 0.2) is 0 Å². The zero-order valence-electron chi connectivity index (χ0n) is 15.5. The van der Waals surface area contributed by atoms with Crippen LogP contribution in [0.5, 0.6) is 0 Å². The second kappa shape index (κ2) is 6.97. The molecule has 4 heterocycles. The number of aromatic nitrogens is 2. The summed E-state index contributed by atoms with van der Waals surface area (Å²) in [4.78, 5) is 14.8. The lowest BCUT2D eigenvalue weighted by Crippen LogP contribution is -2.30. The second-order valence-corrected chi connectivity index (χ2v) is 11.4. The molecule has 2 fully saturated rings. The molecule has 2 aromatic rings. The molecule has 5 rings (SSSR count). The molecule has 3 aliphatic rings. The Morgan fingerprint density at radius 2 is 1.96 bits per heavy atom. The van der Waals surface area contributed by atoms with E-state index in [2.05, 4.69) is 10.2 Å². The van der Waals surface area contributed by atoms with E-state index in [0.717, 1.165) is 54.3 Å². The van der Waals surface area contributed by atoms with Gasteiger partial charge in [0.15, 0.2) is 9.84 Å². The number of rotatable bonds is 4. The highest BCUT2D eigenvalue weighted by Crippen LogP contribution is 2.40. The van der Waals surface area contributed by atoms with E-state index in [1.165, 1.54) is 36.1 Å². The molecule has 0 saturated carbocycles. The molecule has 0 spiro atoms. The predicted octanol–water partition coefficient (Wildman–Crippen LogP) is 2.76. The molecule has 0 unspecified atom stereocenters. The Morgan fingerprint density at radius 1 is 1.11 bits per heavy atom. The number of hydrogen-bond donors (Lipinski definition) is 1. The molecule has 0 bridgehead atoms. The minimum atomic E-state index is -2.91. The van der Waals surface area contributed by atoms with E-state index < -0.39 is 9.84 Å². The van der Waals surface area contributed by atoms with Crippen molar-refractivity contribution in [3.63, 3.8) is 0 Å². The number of aryl methyl sites for hydroxylation is 2. The van der Waals surface area contributed by atoms with Gasteiger partial charge in [0.2, 0.25) is 0 Å². The first-order valence-corrected chi connectivity index (χ1v) is 12.7. The van der Waals surface area contributed by atoms with E-state index >= 15 is 0 Å². The molecule has 2 aromatic heterocycles. The Hall–Kier alpha value is -1.25. The Balaban J connectivity index is 1.49. The first-order chi connectivity index (χ1) is 13.1. The highest BCUT2D eigenvalue weighted by atomic mass is 32.2. The number of likely N-dealkylation sites (tertiary alicyclic amines) is 1. The van der Waals surface area contributed by atoms with E-state index in [0.29, 0.717) is 6.42 Å². The van der Waals surface area contributed by atoms with Gasteiger partial charge in [-0.15, -0.1) is 11.3 Å². The fourth-order valence-corrected chi connectivity index (χ4v) is 7.59. The number of nitrogens with one attached hydrogen (secondary N) is 1. The zero-order chi connectivity index (χ0) is 18.4. The van der Waals surface area contributed by atoms with E-state index in [1.54, 1.807) is 11.3 Å². The molecule has 0 radical (unpaired) electrons. The molecule has 1 aliphatic carbocycles. The fraction of sp³-hybridized carbons (Fsp3) is 0.684. The van der Waals surface area contributed by atoms with Gasteiger partial charge >= 0.3 is 0 Å². The van der Waals surface area contributed by atoms with Crippen molar-refractivity contribution in [2.24, 2.45) is 0 Å². The monoisotopic (exact) mass is 406 g/mol. The van der Waals surface area contributed by atoms with Gasteiger partial charge in [0.1, 0.15) is 16.5 Å². The number of piperidine rings is 1. The Labute approximate surface area is 164 Å². The quantitative estimate of drug-likeness (QED) is 0.842. The maximum absolute atomic E-state index is 11.9. The van der Waals surface area contributed by atoms with E-state index in [4.69, 9.17) is 9.97 Å². The van der Waals surface area contributed by atoms with E-state index in [9.17, 15) is 8.42 Å². The summed E-state index contributed by atoms with van der Waals surface area (Å²) in [6.45, 7) is 3.02. The molecule has 146 valence electrons. The van der Waals surface area contributed by atoms with Gasteiger partial charge in [-0.3, -0.25) is 4.90 Å². The summed E-state index contributed by atoms with van der Waals surface area (Å²) >= 11 is 1.81. The summed E-state index contributed by atoms with van der Waals surface area (Å²) in [6, 6.07) is -0.0344. The lowest BCUT2D eigenvalue weighted by Gasteiger charge is -2.25. The Morgan fingerprint density at radius 3 is 2.74 bits per heavy atom. The lowest BCUT2D eigenvalue weighted by atomic mass is 10.1. The fourth-order valence-electron chi connectivity index (χ4n) is 4.63. The van der Waals surface area contributed by atoms with Crippen molar-refractivity contribution in [3.8, 4) is 0 Å². The highest BCUT2D eigenvalue weighted by Gasteiger charge is 2.30. The molecule has 1 atom stereocenters. The van der Waals surface area contributed by atoms with Crippen molar-refractivity contribution < 1.29 is 8.42 Å². The largest absolute Gasteiger partial charge is 0.366 e. The van der Waals surface area contributed by atoms with Crippen LogP contribution >= 0.6 is 11.3 Å². The number of thiophene rings is 1. The molecule has 27 heavy (non-hydrogen) atoms. The van der Waals surface area contributed by atoms with Crippen LogP contribution in [0.3, 0.4) is 0 Å². The lowest BCUT2D eigenvalue weighted by molar-refractivity contribution is 0.216. The van der Waals surface area contributed by atoms with Gasteiger partial charge in [-0.05, 0) is 57.2 Å². The van der Waals surface area contributed by atoms with Crippen LogP contribution in [0.1, 0.15) is 48.4 Å². The van der Waals surface area contributed by atoms with Crippen molar-refractivity contribution in [1.29, 1.82) is 0 Å². The predicted molar refractivity (Wildman–Crippen MR) is 109 cm³/mol. The van der Waals surface area contributed by atoms with Gasteiger partial charge < -0.3 is 5.32 Å². The maximum atomic E-state index is 11.9. The minimum Gasteiger partial charge on any atom is -0.366 e. The van der Waals surface area contributed by atoms with Crippen molar-refractivity contribution in [2.45, 2.75) is 57.5 Å². The van der Waals surface area contributed by atoms with Crippen molar-refractivity contribution in [3.05, 3.63) is 16.3 Å². The topological polar surface area (TPSA) is 75.2 Å². The van der Waals surface area contributed by atoms with Crippen molar-refractivity contribution >= 4 is 37.2 Å². The molecule has 8 heteroatoms. The summed E-state index contributed by atoms with van der Waals surface area (Å²) in [7, 11) is -2.91. The third kappa shape index (κ3) is 3.59. The smallest absolute Gasteiger partial charge is 0.152 e. The molecule has 0 amide bonds. The average Bonchev–Trinajstić information content (AvgIpc) is 3.30. The van der Waals surface area contributed by atoms with Gasteiger partial charge in [-0.1, -0.05) is 6.42 Å². The number of anilines is 1. The van der Waals surface area contributed by atoms with Gasteiger partial charge in [-0.25, -0.2) is 18.4 Å². The number of nitrogens with zero attached hydrogens (tertiary/aromatic N) is 3. The Bertz CT molecular complexity index is 964. The first kappa shape index (κ1) is 17.8. The van der Waals surface area contributed by atoms with Crippen LogP contribution in [0, 0.1) is 0 Å². The van der Waals surface area contributed by atoms with Crippen molar-refractivity contribution in [2.75, 3.05) is 29.9 Å². The van der Waals surface area contributed by atoms with Crippen LogP contribution in [-0.4, -0.2) is 53.9 Å².